The van der Waals surface area contributed by atoms with Crippen LogP contribution in [0.15, 0.2) is 24.3 Å². The molecule has 108 valence electrons. The van der Waals surface area contributed by atoms with Crippen LogP contribution in [-0.2, 0) is 0 Å². The van der Waals surface area contributed by atoms with Crippen molar-refractivity contribution in [3.63, 3.8) is 0 Å². The molecule has 2 heterocycles. The number of hydrogen-bond donors (Lipinski definition) is 1. The molecule has 1 aromatic carbocycles. The minimum absolute atomic E-state index is 0.0408. The fourth-order valence-electron chi connectivity index (χ4n) is 3.18. The second-order valence-corrected chi connectivity index (χ2v) is 5.93. The van der Waals surface area contributed by atoms with Gasteiger partial charge in [0.15, 0.2) is 0 Å². The Morgan fingerprint density at radius 3 is 2.75 bits per heavy atom. The highest BCUT2D eigenvalue weighted by molar-refractivity contribution is 5.89. The lowest BCUT2D eigenvalue weighted by Crippen LogP contribution is -2.56. The van der Waals surface area contributed by atoms with Crippen LogP contribution < -0.4 is 5.32 Å². The summed E-state index contributed by atoms with van der Waals surface area (Å²) in [6, 6.07) is 8.58. The zero-order valence-electron chi connectivity index (χ0n) is 12.1. The maximum atomic E-state index is 12.3. The summed E-state index contributed by atoms with van der Waals surface area (Å²) in [7, 11) is 0. The molecule has 2 aliphatic heterocycles. The van der Waals surface area contributed by atoms with E-state index in [4.69, 9.17) is 0 Å². The molecule has 0 saturated carbocycles. The Kier molecular flexibility index (Phi) is 3.92. The number of carbonyl (C=O) groups is 1. The fraction of sp³-hybridized carbons (Fsp3) is 0.562. The van der Waals surface area contributed by atoms with Crippen LogP contribution in [0.4, 0.5) is 10.5 Å². The molecule has 1 N–H and O–H groups in total. The molecule has 0 aliphatic carbocycles. The van der Waals surface area contributed by atoms with Crippen LogP contribution in [0.1, 0.15) is 24.8 Å². The van der Waals surface area contributed by atoms with Crippen LogP contribution in [0, 0.1) is 6.92 Å². The standard InChI is InChI=1S/C16H23N3O/c1-13-5-7-14(8-6-13)17-16(20)19-11-10-18-9-3-2-4-15(18)12-19/h5-8,15H,2-4,9-12H2,1H3,(H,17,20). The summed E-state index contributed by atoms with van der Waals surface area (Å²) in [4.78, 5) is 16.8. The monoisotopic (exact) mass is 273 g/mol. The lowest BCUT2D eigenvalue weighted by atomic mass is 10.00. The average molecular weight is 273 g/mol. The number of fused-ring (bicyclic) bond motifs is 1. The van der Waals surface area contributed by atoms with Crippen LogP contribution in [0.5, 0.6) is 0 Å². The summed E-state index contributed by atoms with van der Waals surface area (Å²) in [6.45, 7) is 5.99. The van der Waals surface area contributed by atoms with Crippen LogP contribution in [0.3, 0.4) is 0 Å². The number of anilines is 1. The number of carbonyl (C=O) groups excluding carboxylic acids is 1. The van der Waals surface area contributed by atoms with Crippen LogP contribution in [-0.4, -0.2) is 48.1 Å². The Morgan fingerprint density at radius 2 is 1.95 bits per heavy atom. The second kappa shape index (κ2) is 5.83. The Bertz CT molecular complexity index is 471. The molecule has 3 rings (SSSR count). The topological polar surface area (TPSA) is 35.6 Å². The number of amides is 2. The van der Waals surface area contributed by atoms with Gasteiger partial charge in [-0.3, -0.25) is 4.90 Å². The maximum Gasteiger partial charge on any atom is 0.321 e. The van der Waals surface area contributed by atoms with E-state index in [0.29, 0.717) is 6.04 Å². The highest BCUT2D eigenvalue weighted by Gasteiger charge is 2.30. The molecule has 0 bridgehead atoms. The molecule has 1 atom stereocenters. The van der Waals surface area contributed by atoms with Gasteiger partial charge in [0, 0.05) is 31.4 Å². The molecule has 2 saturated heterocycles. The number of urea groups is 1. The van der Waals surface area contributed by atoms with Crippen molar-refractivity contribution in [2.24, 2.45) is 0 Å². The number of hydrogen-bond acceptors (Lipinski definition) is 2. The highest BCUT2D eigenvalue weighted by Crippen LogP contribution is 2.21. The summed E-state index contributed by atoms with van der Waals surface area (Å²) in [5.41, 5.74) is 2.09. The summed E-state index contributed by atoms with van der Waals surface area (Å²) >= 11 is 0. The van der Waals surface area contributed by atoms with E-state index in [2.05, 4.69) is 10.2 Å². The Morgan fingerprint density at radius 1 is 1.15 bits per heavy atom. The first-order chi connectivity index (χ1) is 9.72. The first kappa shape index (κ1) is 13.4. The molecule has 2 aliphatic rings. The molecule has 4 heteroatoms. The zero-order valence-corrected chi connectivity index (χ0v) is 12.1. The van der Waals surface area contributed by atoms with E-state index in [0.717, 1.165) is 25.3 Å². The largest absolute Gasteiger partial charge is 0.322 e. The van der Waals surface area contributed by atoms with Crippen molar-refractivity contribution in [1.29, 1.82) is 0 Å². The van der Waals surface area contributed by atoms with Gasteiger partial charge in [0.2, 0.25) is 0 Å². The van der Waals surface area contributed by atoms with Crippen molar-refractivity contribution in [3.05, 3.63) is 29.8 Å². The highest BCUT2D eigenvalue weighted by atomic mass is 16.2. The smallest absolute Gasteiger partial charge is 0.321 e. The molecule has 0 aromatic heterocycles. The van der Waals surface area contributed by atoms with Crippen molar-refractivity contribution in [1.82, 2.24) is 9.80 Å². The normalized spacial score (nSPS) is 23.2. The van der Waals surface area contributed by atoms with E-state index in [1.807, 2.05) is 36.1 Å². The van der Waals surface area contributed by atoms with Gasteiger partial charge in [-0.25, -0.2) is 4.79 Å². The Hall–Kier alpha value is -1.55. The molecular formula is C16H23N3O. The van der Waals surface area contributed by atoms with Crippen LogP contribution in [0.2, 0.25) is 0 Å². The molecule has 2 amide bonds. The van der Waals surface area contributed by atoms with E-state index < -0.39 is 0 Å². The first-order valence-corrected chi connectivity index (χ1v) is 7.59. The molecule has 0 radical (unpaired) electrons. The van der Waals surface area contributed by atoms with Crippen molar-refractivity contribution in [2.75, 3.05) is 31.5 Å². The van der Waals surface area contributed by atoms with Gasteiger partial charge < -0.3 is 10.2 Å². The van der Waals surface area contributed by atoms with Gasteiger partial charge in [-0.15, -0.1) is 0 Å². The van der Waals surface area contributed by atoms with E-state index in [-0.39, 0.29) is 6.03 Å². The van der Waals surface area contributed by atoms with E-state index in [9.17, 15) is 4.79 Å². The Balaban J connectivity index is 1.58. The van der Waals surface area contributed by atoms with Gasteiger partial charge in [-0.1, -0.05) is 24.1 Å². The van der Waals surface area contributed by atoms with Crippen LogP contribution in [0.25, 0.3) is 0 Å². The van der Waals surface area contributed by atoms with Crippen molar-refractivity contribution >= 4 is 11.7 Å². The van der Waals surface area contributed by atoms with E-state index >= 15 is 0 Å². The third kappa shape index (κ3) is 2.96. The number of nitrogens with one attached hydrogen (secondary N) is 1. The third-order valence-electron chi connectivity index (χ3n) is 4.43. The minimum Gasteiger partial charge on any atom is -0.322 e. The zero-order chi connectivity index (χ0) is 13.9. The van der Waals surface area contributed by atoms with Crippen LogP contribution >= 0.6 is 0 Å². The van der Waals surface area contributed by atoms with Crippen molar-refractivity contribution < 1.29 is 4.79 Å². The molecule has 1 unspecified atom stereocenters. The fourth-order valence-corrected chi connectivity index (χ4v) is 3.18. The van der Waals surface area contributed by atoms with Gasteiger partial charge in [-0.05, 0) is 38.4 Å². The number of piperidine rings is 1. The number of piperazine rings is 1. The molecule has 20 heavy (non-hydrogen) atoms. The third-order valence-corrected chi connectivity index (χ3v) is 4.43. The predicted octanol–water partition coefficient (Wildman–Crippen LogP) is 2.70. The van der Waals surface area contributed by atoms with Gasteiger partial charge in [0.05, 0.1) is 0 Å². The Labute approximate surface area is 120 Å². The van der Waals surface area contributed by atoms with E-state index in [1.54, 1.807) is 0 Å². The quantitative estimate of drug-likeness (QED) is 0.854. The first-order valence-electron chi connectivity index (χ1n) is 7.59. The lowest BCUT2D eigenvalue weighted by Gasteiger charge is -2.43. The summed E-state index contributed by atoms with van der Waals surface area (Å²) in [5, 5.41) is 3.00. The number of rotatable bonds is 1. The number of aryl methyl sites for hydroxylation is 1. The molecule has 1 aromatic rings. The lowest BCUT2D eigenvalue weighted by molar-refractivity contribution is 0.0678. The van der Waals surface area contributed by atoms with Crippen molar-refractivity contribution in [2.45, 2.75) is 32.2 Å². The number of nitrogens with zero attached hydrogens (tertiary/aromatic N) is 2. The van der Waals surface area contributed by atoms with Gasteiger partial charge in [-0.2, -0.15) is 0 Å². The molecule has 2 fully saturated rings. The van der Waals surface area contributed by atoms with Gasteiger partial charge in [0.1, 0.15) is 0 Å². The van der Waals surface area contributed by atoms with Crippen molar-refractivity contribution in [3.8, 4) is 0 Å². The summed E-state index contributed by atoms with van der Waals surface area (Å²) in [6.07, 6.45) is 3.84. The predicted molar refractivity (Wildman–Crippen MR) is 81.0 cm³/mol. The minimum atomic E-state index is 0.0408. The molecule has 0 spiro atoms. The second-order valence-electron chi connectivity index (χ2n) is 5.93. The maximum absolute atomic E-state index is 12.3. The summed E-state index contributed by atoms with van der Waals surface area (Å²) < 4.78 is 0. The summed E-state index contributed by atoms with van der Waals surface area (Å²) in [5.74, 6) is 0. The number of benzene rings is 1. The van der Waals surface area contributed by atoms with Gasteiger partial charge in [0.25, 0.3) is 0 Å². The van der Waals surface area contributed by atoms with Gasteiger partial charge >= 0.3 is 6.03 Å². The average Bonchev–Trinajstić information content (AvgIpc) is 2.49. The molecule has 4 nitrogen and oxygen atoms in total. The molecular weight excluding hydrogens is 250 g/mol. The van der Waals surface area contributed by atoms with E-state index in [1.165, 1.54) is 31.4 Å². The SMILES string of the molecule is Cc1ccc(NC(=O)N2CCN3CCCCC3C2)cc1.